The van der Waals surface area contributed by atoms with Gasteiger partial charge in [-0.3, -0.25) is 4.79 Å². The fourth-order valence-corrected chi connectivity index (χ4v) is 3.26. The Hall–Kier alpha value is -0.830. The van der Waals surface area contributed by atoms with E-state index in [1.807, 2.05) is 0 Å². The van der Waals surface area contributed by atoms with E-state index in [2.05, 4.69) is 19.1 Å². The number of hydrogen-bond donors (Lipinski definition) is 2. The van der Waals surface area contributed by atoms with Crippen molar-refractivity contribution < 1.29 is 15.0 Å². The third-order valence-electron chi connectivity index (χ3n) is 4.96. The number of carboxylic acids is 1. The van der Waals surface area contributed by atoms with E-state index >= 15 is 0 Å². The van der Waals surface area contributed by atoms with E-state index in [0.29, 0.717) is 6.42 Å². The Balaban J connectivity index is 3.14. The minimum absolute atomic E-state index is 0.146. The van der Waals surface area contributed by atoms with E-state index in [1.54, 1.807) is 0 Å². The lowest BCUT2D eigenvalue weighted by atomic mass is 10.0. The van der Waals surface area contributed by atoms with Crippen molar-refractivity contribution in [2.24, 2.45) is 0 Å². The molecule has 0 saturated carbocycles. The predicted molar refractivity (Wildman–Crippen MR) is 112 cm³/mol. The molecule has 0 aromatic carbocycles. The van der Waals surface area contributed by atoms with Crippen molar-refractivity contribution in [2.45, 2.75) is 129 Å². The molecule has 3 heteroatoms. The van der Waals surface area contributed by atoms with Crippen LogP contribution in [0.15, 0.2) is 12.2 Å². The van der Waals surface area contributed by atoms with Crippen LogP contribution in [0.3, 0.4) is 0 Å². The van der Waals surface area contributed by atoms with E-state index in [9.17, 15) is 9.90 Å². The molecule has 0 spiro atoms. The number of allylic oxidation sites excluding steroid dienone is 1. The van der Waals surface area contributed by atoms with Crippen LogP contribution in [-0.4, -0.2) is 22.3 Å². The van der Waals surface area contributed by atoms with Gasteiger partial charge in [0.25, 0.3) is 0 Å². The number of rotatable bonds is 20. The first kappa shape index (κ1) is 25.2. The zero-order valence-electron chi connectivity index (χ0n) is 17.3. The highest BCUT2D eigenvalue weighted by Crippen LogP contribution is 2.14. The Morgan fingerprint density at radius 3 is 1.69 bits per heavy atom. The quantitative estimate of drug-likeness (QED) is 0.179. The number of carbonyl (C=O) groups is 1. The molecule has 0 bridgehead atoms. The summed E-state index contributed by atoms with van der Waals surface area (Å²) < 4.78 is 0. The molecule has 1 atom stereocenters. The SMILES string of the molecule is CCCC=CCC(O)CCCCCCCCCCCCCCCC(=O)O. The van der Waals surface area contributed by atoms with Crippen molar-refractivity contribution >= 4 is 5.97 Å². The van der Waals surface area contributed by atoms with Crippen molar-refractivity contribution in [3.05, 3.63) is 12.2 Å². The highest BCUT2D eigenvalue weighted by molar-refractivity contribution is 5.66. The van der Waals surface area contributed by atoms with Gasteiger partial charge in [0.05, 0.1) is 6.10 Å². The van der Waals surface area contributed by atoms with Gasteiger partial charge in [-0.15, -0.1) is 0 Å². The van der Waals surface area contributed by atoms with Gasteiger partial charge in [0, 0.05) is 6.42 Å². The molecule has 0 saturated heterocycles. The Morgan fingerprint density at radius 1 is 0.769 bits per heavy atom. The number of carboxylic acid groups (broad SMARTS) is 1. The molecular weight excluding hydrogens is 324 g/mol. The van der Waals surface area contributed by atoms with E-state index in [0.717, 1.165) is 38.5 Å². The molecule has 0 radical (unpaired) electrons. The Bertz CT molecular complexity index is 325. The summed E-state index contributed by atoms with van der Waals surface area (Å²) in [6, 6.07) is 0. The van der Waals surface area contributed by atoms with E-state index in [1.165, 1.54) is 70.6 Å². The summed E-state index contributed by atoms with van der Waals surface area (Å²) in [5, 5.41) is 18.4. The summed E-state index contributed by atoms with van der Waals surface area (Å²) in [7, 11) is 0. The summed E-state index contributed by atoms with van der Waals surface area (Å²) in [5.41, 5.74) is 0. The van der Waals surface area contributed by atoms with Crippen LogP contribution < -0.4 is 0 Å². The molecule has 0 rings (SSSR count). The molecule has 154 valence electrons. The molecule has 0 aromatic heterocycles. The van der Waals surface area contributed by atoms with Gasteiger partial charge < -0.3 is 10.2 Å². The molecule has 2 N–H and O–H groups in total. The van der Waals surface area contributed by atoms with Gasteiger partial charge >= 0.3 is 5.97 Å². The number of aliphatic hydroxyl groups excluding tert-OH is 1. The van der Waals surface area contributed by atoms with E-state index in [-0.39, 0.29) is 6.10 Å². The van der Waals surface area contributed by atoms with Gasteiger partial charge in [0.2, 0.25) is 0 Å². The first-order valence-electron chi connectivity index (χ1n) is 11.2. The molecule has 26 heavy (non-hydrogen) atoms. The highest BCUT2D eigenvalue weighted by Gasteiger charge is 2.01. The fourth-order valence-electron chi connectivity index (χ4n) is 3.26. The van der Waals surface area contributed by atoms with Crippen molar-refractivity contribution in [3.63, 3.8) is 0 Å². The second kappa shape index (κ2) is 20.5. The molecule has 0 heterocycles. The highest BCUT2D eigenvalue weighted by atomic mass is 16.4. The molecule has 0 aliphatic heterocycles. The minimum atomic E-state index is -0.666. The van der Waals surface area contributed by atoms with Crippen LogP contribution in [0.25, 0.3) is 0 Å². The molecule has 0 aromatic rings. The van der Waals surface area contributed by atoms with Crippen LogP contribution in [-0.2, 0) is 4.79 Å². The summed E-state index contributed by atoms with van der Waals surface area (Å²) in [6.45, 7) is 2.17. The topological polar surface area (TPSA) is 57.5 Å². The lowest BCUT2D eigenvalue weighted by Gasteiger charge is -2.07. The van der Waals surface area contributed by atoms with Crippen LogP contribution in [0.5, 0.6) is 0 Å². The van der Waals surface area contributed by atoms with Crippen LogP contribution in [0.1, 0.15) is 122 Å². The van der Waals surface area contributed by atoms with Crippen LogP contribution >= 0.6 is 0 Å². The van der Waals surface area contributed by atoms with Gasteiger partial charge in [-0.05, 0) is 25.7 Å². The molecule has 3 nitrogen and oxygen atoms in total. The predicted octanol–water partition coefficient (Wildman–Crippen LogP) is 7.03. The van der Waals surface area contributed by atoms with Crippen LogP contribution in [0, 0.1) is 0 Å². The van der Waals surface area contributed by atoms with Crippen LogP contribution in [0.2, 0.25) is 0 Å². The number of aliphatic carboxylic acids is 1. The molecule has 1 unspecified atom stereocenters. The summed E-state index contributed by atoms with van der Waals surface area (Å²) >= 11 is 0. The van der Waals surface area contributed by atoms with Crippen LogP contribution in [0.4, 0.5) is 0 Å². The molecule has 0 aliphatic rings. The molecular formula is C23H44O3. The van der Waals surface area contributed by atoms with Crippen molar-refractivity contribution in [2.75, 3.05) is 0 Å². The lowest BCUT2D eigenvalue weighted by Crippen LogP contribution is -2.04. The maximum atomic E-state index is 10.4. The third-order valence-corrected chi connectivity index (χ3v) is 4.96. The number of aliphatic hydroxyl groups is 1. The average Bonchev–Trinajstić information content (AvgIpc) is 2.61. The summed E-state index contributed by atoms with van der Waals surface area (Å²) in [4.78, 5) is 10.4. The Labute approximate surface area is 162 Å². The maximum Gasteiger partial charge on any atom is 0.303 e. The number of unbranched alkanes of at least 4 members (excludes halogenated alkanes) is 13. The standard InChI is InChI=1S/C23H44O3/c1-2-3-4-16-19-22(24)20-17-14-12-10-8-6-5-7-9-11-13-15-18-21-23(25)26/h4,16,22,24H,2-3,5-15,17-21H2,1H3,(H,25,26). The zero-order valence-corrected chi connectivity index (χ0v) is 17.3. The van der Waals surface area contributed by atoms with Gasteiger partial charge in [0.1, 0.15) is 0 Å². The van der Waals surface area contributed by atoms with Crippen molar-refractivity contribution in [3.8, 4) is 0 Å². The van der Waals surface area contributed by atoms with Gasteiger partial charge in [-0.25, -0.2) is 0 Å². The Kier molecular flexibility index (Phi) is 19.8. The first-order chi connectivity index (χ1) is 12.7. The summed E-state index contributed by atoms with van der Waals surface area (Å²) in [5.74, 6) is -0.666. The molecule has 0 aliphatic carbocycles. The average molecular weight is 369 g/mol. The van der Waals surface area contributed by atoms with Gasteiger partial charge in [-0.2, -0.15) is 0 Å². The summed E-state index contributed by atoms with van der Waals surface area (Å²) in [6.07, 6.45) is 24.6. The van der Waals surface area contributed by atoms with Crippen molar-refractivity contribution in [1.29, 1.82) is 0 Å². The smallest absolute Gasteiger partial charge is 0.303 e. The molecule has 0 amide bonds. The van der Waals surface area contributed by atoms with Gasteiger partial charge in [-0.1, -0.05) is 103 Å². The second-order valence-electron chi connectivity index (χ2n) is 7.68. The second-order valence-corrected chi connectivity index (χ2v) is 7.68. The normalized spacial score (nSPS) is 12.7. The van der Waals surface area contributed by atoms with E-state index in [4.69, 9.17) is 5.11 Å². The lowest BCUT2D eigenvalue weighted by molar-refractivity contribution is -0.137. The third kappa shape index (κ3) is 21.2. The maximum absolute atomic E-state index is 10.4. The largest absolute Gasteiger partial charge is 0.481 e. The van der Waals surface area contributed by atoms with E-state index < -0.39 is 5.97 Å². The first-order valence-corrected chi connectivity index (χ1v) is 11.2. The fraction of sp³-hybridized carbons (Fsp3) is 0.870. The number of hydrogen-bond acceptors (Lipinski definition) is 2. The zero-order chi connectivity index (χ0) is 19.3. The van der Waals surface area contributed by atoms with Crippen molar-refractivity contribution in [1.82, 2.24) is 0 Å². The molecule has 0 fully saturated rings. The Morgan fingerprint density at radius 2 is 1.23 bits per heavy atom. The monoisotopic (exact) mass is 368 g/mol. The minimum Gasteiger partial charge on any atom is -0.481 e. The van der Waals surface area contributed by atoms with Gasteiger partial charge in [0.15, 0.2) is 0 Å².